The molecule has 2 aromatic heterocycles. The summed E-state index contributed by atoms with van der Waals surface area (Å²) in [5, 5.41) is 9.77. The van der Waals surface area contributed by atoms with E-state index in [0.717, 1.165) is 21.3 Å². The highest BCUT2D eigenvalue weighted by Gasteiger charge is 2.15. The molecule has 0 fully saturated rings. The minimum Gasteiger partial charge on any atom is -0.383 e. The normalized spacial score (nSPS) is 11.0. The molecule has 0 amide bonds. The molecule has 0 bridgehead atoms. The molecule has 1 N–H and O–H groups in total. The number of thiophene rings is 1. The van der Waals surface area contributed by atoms with Gasteiger partial charge in [-0.05, 0) is 30.1 Å². The van der Waals surface area contributed by atoms with Crippen molar-refractivity contribution >= 4 is 35.2 Å². The van der Waals surface area contributed by atoms with Gasteiger partial charge in [-0.3, -0.25) is 9.67 Å². The fourth-order valence-electron chi connectivity index (χ4n) is 1.46. The van der Waals surface area contributed by atoms with Crippen LogP contribution in [0.4, 0.5) is 0 Å². The Morgan fingerprint density at radius 2 is 2.41 bits per heavy atom. The maximum Gasteiger partial charge on any atom is 0.195 e. The van der Waals surface area contributed by atoms with Crippen LogP contribution < -0.4 is 0 Å². The molecule has 2 rings (SSSR count). The first-order chi connectivity index (χ1) is 8.15. The van der Waals surface area contributed by atoms with E-state index < -0.39 is 0 Å². The number of aryl methyl sites for hydroxylation is 1. The van der Waals surface area contributed by atoms with Gasteiger partial charge in [0.15, 0.2) is 10.6 Å². The minimum absolute atomic E-state index is 0.583. The molecule has 17 heavy (non-hydrogen) atoms. The predicted octanol–water partition coefficient (Wildman–Crippen LogP) is 3.28. The van der Waals surface area contributed by atoms with Crippen LogP contribution in [0.3, 0.4) is 0 Å². The maximum atomic E-state index is 6.24. The largest absolute Gasteiger partial charge is 0.383 e. The lowest BCUT2D eigenvalue weighted by Crippen LogP contribution is -2.05. The number of H-pyrrole nitrogens is 1. The van der Waals surface area contributed by atoms with Crippen LogP contribution in [0, 0.1) is 11.7 Å². The molecule has 0 saturated carbocycles. The number of halogens is 1. The molecule has 2 aromatic rings. The number of hydrogen-bond acceptors (Lipinski definition) is 4. The van der Waals surface area contributed by atoms with Crippen LogP contribution >= 0.6 is 35.2 Å². The summed E-state index contributed by atoms with van der Waals surface area (Å²) in [6.07, 6.45) is 0. The molecule has 0 aliphatic heterocycles. The molecule has 0 aliphatic carbocycles. The molecule has 0 unspecified atom stereocenters. The summed E-state index contributed by atoms with van der Waals surface area (Å²) in [4.78, 5) is 0.938. The first-order valence-corrected chi connectivity index (χ1v) is 6.70. The van der Waals surface area contributed by atoms with Gasteiger partial charge < -0.3 is 4.74 Å². The average Bonchev–Trinajstić information content (AvgIpc) is 2.82. The molecular formula is C10H12ClN3OS2. The van der Waals surface area contributed by atoms with E-state index in [1.54, 1.807) is 18.4 Å². The lowest BCUT2D eigenvalue weighted by atomic mass is 10.3. The van der Waals surface area contributed by atoms with Crippen molar-refractivity contribution in [3.8, 4) is 10.7 Å². The Hall–Kier alpha value is -0.690. The molecule has 0 aromatic carbocycles. The van der Waals surface area contributed by atoms with Crippen LogP contribution in [0.5, 0.6) is 0 Å². The van der Waals surface area contributed by atoms with Gasteiger partial charge >= 0.3 is 0 Å². The monoisotopic (exact) mass is 289 g/mol. The molecule has 7 heteroatoms. The van der Waals surface area contributed by atoms with Crippen molar-refractivity contribution in [2.45, 2.75) is 13.5 Å². The number of rotatable bonds is 4. The van der Waals surface area contributed by atoms with Gasteiger partial charge in [-0.25, -0.2) is 0 Å². The van der Waals surface area contributed by atoms with Crippen LogP contribution in [0.15, 0.2) is 5.38 Å². The Balaban J connectivity index is 2.45. The topological polar surface area (TPSA) is 42.8 Å². The molecule has 0 saturated heterocycles. The van der Waals surface area contributed by atoms with Crippen molar-refractivity contribution in [2.24, 2.45) is 0 Å². The quantitative estimate of drug-likeness (QED) is 0.879. The van der Waals surface area contributed by atoms with Crippen LogP contribution in [-0.2, 0) is 11.3 Å². The first-order valence-electron chi connectivity index (χ1n) is 5.03. The third kappa shape index (κ3) is 2.44. The fourth-order valence-corrected chi connectivity index (χ4v) is 2.96. The molecule has 0 spiro atoms. The Bertz CT molecular complexity index is 572. The summed E-state index contributed by atoms with van der Waals surface area (Å²) in [5.74, 6) is 0.773. The molecule has 0 radical (unpaired) electrons. The predicted molar refractivity (Wildman–Crippen MR) is 72.3 cm³/mol. The number of hydrogen-bond donors (Lipinski definition) is 1. The number of nitrogens with zero attached hydrogens (tertiary/aromatic N) is 2. The molecule has 0 atom stereocenters. The second-order valence-corrected chi connectivity index (χ2v) is 5.20. The standard InChI is InChI=1S/C10H12ClN3OS2/c1-6-5-17-8(7(6)11)9-12-13-10(16)14(9)3-4-15-2/h5H,3-4H2,1-2H3,(H,13,16). The maximum absolute atomic E-state index is 6.24. The highest BCUT2D eigenvalue weighted by molar-refractivity contribution is 7.71. The van der Waals surface area contributed by atoms with Crippen molar-refractivity contribution in [1.29, 1.82) is 0 Å². The summed E-state index contributed by atoms with van der Waals surface area (Å²) in [6, 6.07) is 0. The van der Waals surface area contributed by atoms with Crippen molar-refractivity contribution < 1.29 is 4.74 Å². The lowest BCUT2D eigenvalue weighted by Gasteiger charge is -2.04. The van der Waals surface area contributed by atoms with E-state index in [-0.39, 0.29) is 0 Å². The van der Waals surface area contributed by atoms with Gasteiger partial charge in [-0.1, -0.05) is 11.6 Å². The van der Waals surface area contributed by atoms with Gasteiger partial charge in [0, 0.05) is 7.11 Å². The molecule has 4 nitrogen and oxygen atoms in total. The SMILES string of the molecule is COCCn1c(-c2scc(C)c2Cl)n[nH]c1=S. The third-order valence-electron chi connectivity index (χ3n) is 2.38. The van der Waals surface area contributed by atoms with Crippen molar-refractivity contribution in [3.63, 3.8) is 0 Å². The third-order valence-corrected chi connectivity index (χ3v) is 4.38. The Morgan fingerprint density at radius 1 is 1.65 bits per heavy atom. The van der Waals surface area contributed by atoms with E-state index in [4.69, 9.17) is 28.6 Å². The van der Waals surface area contributed by atoms with Gasteiger partial charge in [0.25, 0.3) is 0 Å². The zero-order valence-corrected chi connectivity index (χ0v) is 11.9. The molecule has 92 valence electrons. The van der Waals surface area contributed by atoms with E-state index in [9.17, 15) is 0 Å². The van der Waals surface area contributed by atoms with Gasteiger partial charge in [-0.2, -0.15) is 5.10 Å². The number of nitrogens with one attached hydrogen (secondary N) is 1. The summed E-state index contributed by atoms with van der Waals surface area (Å²) >= 11 is 13.0. The van der Waals surface area contributed by atoms with Gasteiger partial charge in [-0.15, -0.1) is 11.3 Å². The minimum atomic E-state index is 0.583. The molecule has 2 heterocycles. The fraction of sp³-hybridized carbons (Fsp3) is 0.400. The van der Waals surface area contributed by atoms with E-state index in [1.807, 2.05) is 16.9 Å². The number of aromatic amines is 1. The van der Waals surface area contributed by atoms with E-state index in [1.165, 1.54) is 0 Å². The van der Waals surface area contributed by atoms with Crippen LogP contribution in [-0.4, -0.2) is 28.5 Å². The molecule has 0 aliphatic rings. The summed E-state index contributed by atoms with van der Waals surface area (Å²) < 4.78 is 7.54. The Kier molecular flexibility index (Phi) is 3.98. The van der Waals surface area contributed by atoms with E-state index in [0.29, 0.717) is 17.9 Å². The average molecular weight is 290 g/mol. The smallest absolute Gasteiger partial charge is 0.195 e. The summed E-state index contributed by atoms with van der Waals surface area (Å²) in [7, 11) is 1.66. The first kappa shape index (κ1) is 12.8. The summed E-state index contributed by atoms with van der Waals surface area (Å²) in [5.41, 5.74) is 1.05. The number of aromatic nitrogens is 3. The number of ether oxygens (including phenoxy) is 1. The zero-order valence-electron chi connectivity index (χ0n) is 9.49. The number of methoxy groups -OCH3 is 1. The second-order valence-electron chi connectivity index (χ2n) is 3.56. The Labute approximate surface area is 113 Å². The van der Waals surface area contributed by atoms with Crippen LogP contribution in [0.2, 0.25) is 5.02 Å². The zero-order chi connectivity index (χ0) is 12.4. The van der Waals surface area contributed by atoms with Crippen molar-refractivity contribution in [1.82, 2.24) is 14.8 Å². The van der Waals surface area contributed by atoms with E-state index in [2.05, 4.69) is 10.2 Å². The lowest BCUT2D eigenvalue weighted by molar-refractivity contribution is 0.187. The molecular weight excluding hydrogens is 278 g/mol. The van der Waals surface area contributed by atoms with Gasteiger partial charge in [0.2, 0.25) is 0 Å². The van der Waals surface area contributed by atoms with Crippen molar-refractivity contribution in [3.05, 3.63) is 20.7 Å². The highest BCUT2D eigenvalue weighted by Crippen LogP contribution is 2.35. The highest BCUT2D eigenvalue weighted by atomic mass is 35.5. The van der Waals surface area contributed by atoms with Crippen molar-refractivity contribution in [2.75, 3.05) is 13.7 Å². The van der Waals surface area contributed by atoms with Gasteiger partial charge in [0.1, 0.15) is 0 Å². The van der Waals surface area contributed by atoms with Gasteiger partial charge in [0.05, 0.1) is 23.1 Å². The second kappa shape index (κ2) is 5.30. The van der Waals surface area contributed by atoms with E-state index >= 15 is 0 Å². The van der Waals surface area contributed by atoms with Crippen LogP contribution in [0.1, 0.15) is 5.56 Å². The van der Waals surface area contributed by atoms with Crippen LogP contribution in [0.25, 0.3) is 10.7 Å². The summed E-state index contributed by atoms with van der Waals surface area (Å²) in [6.45, 7) is 3.22. The Morgan fingerprint density at radius 3 is 3.00 bits per heavy atom.